The molecule has 1 heterocycles. The van der Waals surface area contributed by atoms with Gasteiger partial charge in [0.2, 0.25) is 11.7 Å². The van der Waals surface area contributed by atoms with Crippen LogP contribution in [0.2, 0.25) is 0 Å². The zero-order chi connectivity index (χ0) is 15.0. The van der Waals surface area contributed by atoms with Crippen LogP contribution in [0.1, 0.15) is 23.0 Å². The predicted octanol–water partition coefficient (Wildman–Crippen LogP) is 1.73. The summed E-state index contributed by atoms with van der Waals surface area (Å²) in [6.45, 7) is 1.05. The average Bonchev–Trinajstić information content (AvgIpc) is 2.94. The van der Waals surface area contributed by atoms with Crippen molar-refractivity contribution in [1.29, 1.82) is 0 Å². The van der Waals surface area contributed by atoms with Gasteiger partial charge in [-0.2, -0.15) is 11.8 Å². The molecular weight excluding hydrogens is 298 g/mol. The minimum Gasteiger partial charge on any atom is -0.456 e. The first-order chi connectivity index (χ1) is 9.54. The molecule has 1 amide bonds. The van der Waals surface area contributed by atoms with Gasteiger partial charge in [0.25, 0.3) is 0 Å². The Labute approximate surface area is 126 Å². The summed E-state index contributed by atoms with van der Waals surface area (Å²) >= 11 is 2.87. The molecule has 0 spiro atoms. The summed E-state index contributed by atoms with van der Waals surface area (Å²) < 4.78 is 4.98. The van der Waals surface area contributed by atoms with Crippen molar-refractivity contribution in [2.75, 3.05) is 18.6 Å². The van der Waals surface area contributed by atoms with Gasteiger partial charge in [0, 0.05) is 6.92 Å². The molecule has 7 heteroatoms. The number of nitrogens with one attached hydrogen (secondary N) is 1. The molecule has 0 aliphatic carbocycles. The Morgan fingerprint density at radius 3 is 2.75 bits per heavy atom. The molecule has 5 nitrogen and oxygen atoms in total. The SMILES string of the molecule is CSCCC(NC(C)=O)C(=O)OCC(=O)c1cccs1. The average molecular weight is 315 g/mol. The van der Waals surface area contributed by atoms with E-state index in [-0.39, 0.29) is 18.3 Å². The second kappa shape index (κ2) is 8.76. The molecule has 1 unspecified atom stereocenters. The fourth-order valence-electron chi connectivity index (χ4n) is 1.48. The number of thioether (sulfide) groups is 1. The highest BCUT2D eigenvalue weighted by Gasteiger charge is 2.21. The van der Waals surface area contributed by atoms with E-state index in [0.717, 1.165) is 5.75 Å². The van der Waals surface area contributed by atoms with E-state index in [9.17, 15) is 14.4 Å². The molecule has 110 valence electrons. The van der Waals surface area contributed by atoms with E-state index in [0.29, 0.717) is 11.3 Å². The molecule has 0 fully saturated rings. The van der Waals surface area contributed by atoms with Gasteiger partial charge in [0.1, 0.15) is 6.04 Å². The van der Waals surface area contributed by atoms with Crippen molar-refractivity contribution in [2.45, 2.75) is 19.4 Å². The standard InChI is InChI=1S/C13H17NO4S2/c1-9(15)14-10(5-7-19-2)13(17)18-8-11(16)12-4-3-6-20-12/h3-4,6,10H,5,7-8H2,1-2H3,(H,14,15). The fourth-order valence-corrected chi connectivity index (χ4v) is 2.60. The zero-order valence-electron chi connectivity index (χ0n) is 11.4. The fraction of sp³-hybridized carbons (Fsp3) is 0.462. The Balaban J connectivity index is 2.48. The normalized spacial score (nSPS) is 11.7. The van der Waals surface area contributed by atoms with Crippen molar-refractivity contribution < 1.29 is 19.1 Å². The molecule has 0 aromatic carbocycles. The van der Waals surface area contributed by atoms with E-state index in [1.54, 1.807) is 29.3 Å². The number of Topliss-reactive ketones (excluding diaryl/α,β-unsaturated/α-hetero) is 1. The number of esters is 1. The number of hydrogen-bond acceptors (Lipinski definition) is 6. The number of amides is 1. The minimum absolute atomic E-state index is 0.236. The molecule has 1 aromatic rings. The quantitative estimate of drug-likeness (QED) is 0.584. The monoisotopic (exact) mass is 315 g/mol. The molecule has 0 saturated carbocycles. The lowest BCUT2D eigenvalue weighted by Gasteiger charge is -2.15. The van der Waals surface area contributed by atoms with Crippen LogP contribution in [0.4, 0.5) is 0 Å². The highest BCUT2D eigenvalue weighted by atomic mass is 32.2. The lowest BCUT2D eigenvalue weighted by atomic mass is 10.2. The summed E-state index contributed by atoms with van der Waals surface area (Å²) in [6, 6.07) is 2.74. The van der Waals surface area contributed by atoms with Crippen molar-refractivity contribution >= 4 is 40.8 Å². The van der Waals surface area contributed by atoms with Gasteiger partial charge >= 0.3 is 5.97 Å². The summed E-state index contributed by atoms with van der Waals surface area (Å²) in [4.78, 5) is 35.2. The Kier molecular flexibility index (Phi) is 7.32. The Morgan fingerprint density at radius 2 is 2.20 bits per heavy atom. The minimum atomic E-state index is -0.698. The molecule has 0 radical (unpaired) electrons. The van der Waals surface area contributed by atoms with Crippen LogP contribution >= 0.6 is 23.1 Å². The largest absolute Gasteiger partial charge is 0.456 e. The number of thiophene rings is 1. The van der Waals surface area contributed by atoms with Crippen LogP contribution in [-0.2, 0) is 14.3 Å². The van der Waals surface area contributed by atoms with Crippen LogP contribution in [0.25, 0.3) is 0 Å². The lowest BCUT2D eigenvalue weighted by Crippen LogP contribution is -2.41. The van der Waals surface area contributed by atoms with E-state index >= 15 is 0 Å². The summed E-state index contributed by atoms with van der Waals surface area (Å²) in [5.41, 5.74) is 0. The van der Waals surface area contributed by atoms with Crippen LogP contribution in [0.3, 0.4) is 0 Å². The van der Waals surface area contributed by atoms with Crippen LogP contribution < -0.4 is 5.32 Å². The molecule has 0 saturated heterocycles. The molecule has 0 bridgehead atoms. The van der Waals surface area contributed by atoms with Gasteiger partial charge in [0.05, 0.1) is 4.88 Å². The molecular formula is C13H17NO4S2. The van der Waals surface area contributed by atoms with Crippen molar-refractivity contribution in [3.05, 3.63) is 22.4 Å². The maximum absolute atomic E-state index is 11.9. The van der Waals surface area contributed by atoms with Crippen molar-refractivity contribution in [3.63, 3.8) is 0 Å². The molecule has 0 aliphatic heterocycles. The molecule has 1 aromatic heterocycles. The molecule has 1 N–H and O–H groups in total. The Morgan fingerprint density at radius 1 is 1.45 bits per heavy atom. The second-order valence-electron chi connectivity index (χ2n) is 4.04. The Bertz CT molecular complexity index is 459. The Hall–Kier alpha value is -1.34. The number of ether oxygens (including phenoxy) is 1. The molecule has 20 heavy (non-hydrogen) atoms. The van der Waals surface area contributed by atoms with Gasteiger partial charge in [-0.1, -0.05) is 6.07 Å². The summed E-state index contributed by atoms with van der Waals surface area (Å²) in [5.74, 6) is -0.379. The van der Waals surface area contributed by atoms with Crippen LogP contribution in [0.5, 0.6) is 0 Å². The van der Waals surface area contributed by atoms with E-state index in [1.165, 1.54) is 18.3 Å². The number of hydrogen-bond donors (Lipinski definition) is 1. The van der Waals surface area contributed by atoms with E-state index < -0.39 is 12.0 Å². The highest BCUT2D eigenvalue weighted by molar-refractivity contribution is 7.98. The third-order valence-electron chi connectivity index (χ3n) is 2.41. The maximum atomic E-state index is 11.9. The lowest BCUT2D eigenvalue weighted by molar-refractivity contribution is -0.146. The molecule has 1 atom stereocenters. The van der Waals surface area contributed by atoms with E-state index in [4.69, 9.17) is 4.74 Å². The van der Waals surface area contributed by atoms with Crippen molar-refractivity contribution in [1.82, 2.24) is 5.32 Å². The number of ketones is 1. The van der Waals surface area contributed by atoms with Gasteiger partial charge in [0.15, 0.2) is 6.61 Å². The first kappa shape index (κ1) is 16.7. The van der Waals surface area contributed by atoms with E-state index in [2.05, 4.69) is 5.32 Å². The summed E-state index contributed by atoms with van der Waals surface area (Å²) in [6.07, 6.45) is 2.39. The number of carbonyl (C=O) groups is 3. The highest BCUT2D eigenvalue weighted by Crippen LogP contribution is 2.10. The van der Waals surface area contributed by atoms with Crippen LogP contribution in [-0.4, -0.2) is 42.3 Å². The summed E-state index contributed by atoms with van der Waals surface area (Å²) in [7, 11) is 0. The predicted molar refractivity (Wildman–Crippen MR) is 80.2 cm³/mol. The van der Waals surface area contributed by atoms with Gasteiger partial charge in [-0.3, -0.25) is 9.59 Å². The first-order valence-corrected chi connectivity index (χ1v) is 8.31. The van der Waals surface area contributed by atoms with Gasteiger partial charge < -0.3 is 10.1 Å². The zero-order valence-corrected chi connectivity index (χ0v) is 13.0. The van der Waals surface area contributed by atoms with Crippen LogP contribution in [0.15, 0.2) is 17.5 Å². The third-order valence-corrected chi connectivity index (χ3v) is 3.97. The second-order valence-corrected chi connectivity index (χ2v) is 5.98. The topological polar surface area (TPSA) is 72.5 Å². The summed E-state index contributed by atoms with van der Waals surface area (Å²) in [5, 5.41) is 4.32. The molecule has 0 aliphatic rings. The smallest absolute Gasteiger partial charge is 0.329 e. The molecule has 1 rings (SSSR count). The van der Waals surface area contributed by atoms with Crippen molar-refractivity contribution in [3.8, 4) is 0 Å². The number of carbonyl (C=O) groups excluding carboxylic acids is 3. The van der Waals surface area contributed by atoms with E-state index in [1.807, 2.05) is 6.26 Å². The van der Waals surface area contributed by atoms with Gasteiger partial charge in [-0.15, -0.1) is 11.3 Å². The third kappa shape index (κ3) is 5.75. The maximum Gasteiger partial charge on any atom is 0.329 e. The van der Waals surface area contributed by atoms with Crippen molar-refractivity contribution in [2.24, 2.45) is 0 Å². The number of rotatable bonds is 8. The van der Waals surface area contributed by atoms with Gasteiger partial charge in [-0.05, 0) is 29.9 Å². The van der Waals surface area contributed by atoms with Gasteiger partial charge in [-0.25, -0.2) is 4.79 Å². The van der Waals surface area contributed by atoms with Crippen LogP contribution in [0, 0.1) is 0 Å². The first-order valence-electron chi connectivity index (χ1n) is 6.04.